The van der Waals surface area contributed by atoms with Crippen LogP contribution in [0.15, 0.2) is 34.1 Å². The van der Waals surface area contributed by atoms with Crippen LogP contribution in [0.4, 0.5) is 0 Å². The molecular weight excluding hydrogens is 392 g/mol. The van der Waals surface area contributed by atoms with Gasteiger partial charge in [0.05, 0.1) is 13.2 Å². The molecular formula is C17H17BrN2O3S. The fourth-order valence-corrected chi connectivity index (χ4v) is 3.53. The summed E-state index contributed by atoms with van der Waals surface area (Å²) in [5, 5.41) is 2.43. The molecule has 1 aliphatic carbocycles. The number of carbonyl (C=O) groups excluding carboxylic acids is 2. The maximum absolute atomic E-state index is 12.8. The number of aromatic nitrogens is 1. The van der Waals surface area contributed by atoms with E-state index in [1.807, 2.05) is 29.2 Å². The Labute approximate surface area is 152 Å². The molecule has 0 radical (unpaired) electrons. The smallest absolute Gasteiger partial charge is 0.357 e. The third-order valence-corrected chi connectivity index (χ3v) is 4.99. The van der Waals surface area contributed by atoms with Crippen LogP contribution in [0.2, 0.25) is 0 Å². The predicted molar refractivity (Wildman–Crippen MR) is 95.1 cm³/mol. The van der Waals surface area contributed by atoms with E-state index < -0.39 is 5.97 Å². The maximum Gasteiger partial charge on any atom is 0.357 e. The lowest BCUT2D eigenvalue weighted by molar-refractivity contribution is 0.0520. The number of carbonyl (C=O) groups is 2. The molecule has 1 aromatic heterocycles. The summed E-state index contributed by atoms with van der Waals surface area (Å²) in [5.74, 6) is -0.428. The second-order valence-electron chi connectivity index (χ2n) is 5.52. The maximum atomic E-state index is 12.8. The first-order chi connectivity index (χ1) is 11.6. The van der Waals surface area contributed by atoms with Crippen molar-refractivity contribution in [3.05, 3.63) is 50.4 Å². The molecule has 0 unspecified atom stereocenters. The average molecular weight is 409 g/mol. The molecule has 1 heterocycles. The van der Waals surface area contributed by atoms with Crippen LogP contribution in [0.25, 0.3) is 0 Å². The van der Waals surface area contributed by atoms with Crippen molar-refractivity contribution in [2.45, 2.75) is 32.4 Å². The molecule has 0 N–H and O–H groups in total. The van der Waals surface area contributed by atoms with Gasteiger partial charge in [0.2, 0.25) is 0 Å². The van der Waals surface area contributed by atoms with Crippen molar-refractivity contribution in [2.75, 3.05) is 6.61 Å². The minimum absolute atomic E-state index is 0.00770. The van der Waals surface area contributed by atoms with Crippen molar-refractivity contribution in [1.29, 1.82) is 0 Å². The Balaban J connectivity index is 1.75. The lowest BCUT2D eigenvalue weighted by Gasteiger charge is -2.21. The van der Waals surface area contributed by atoms with Crippen LogP contribution in [0.5, 0.6) is 0 Å². The van der Waals surface area contributed by atoms with Gasteiger partial charge in [0.1, 0.15) is 5.01 Å². The van der Waals surface area contributed by atoms with Crippen LogP contribution < -0.4 is 0 Å². The lowest BCUT2D eigenvalue weighted by Crippen LogP contribution is -2.32. The fraction of sp³-hybridized carbons (Fsp3) is 0.353. The van der Waals surface area contributed by atoms with Crippen molar-refractivity contribution >= 4 is 39.1 Å². The number of hydrogen-bond donors (Lipinski definition) is 0. The Morgan fingerprint density at radius 1 is 1.42 bits per heavy atom. The van der Waals surface area contributed by atoms with Crippen molar-refractivity contribution in [1.82, 2.24) is 9.88 Å². The summed E-state index contributed by atoms with van der Waals surface area (Å²) < 4.78 is 5.83. The summed E-state index contributed by atoms with van der Waals surface area (Å²) in [4.78, 5) is 30.7. The Bertz CT molecular complexity index is 758. The summed E-state index contributed by atoms with van der Waals surface area (Å²) in [6.07, 6.45) is 2.02. The van der Waals surface area contributed by atoms with Gasteiger partial charge in [-0.1, -0.05) is 22.0 Å². The number of nitrogens with zero attached hydrogens (tertiary/aromatic N) is 2. The largest absolute Gasteiger partial charge is 0.461 e. The number of ether oxygens (including phenoxy) is 1. The Kier molecular flexibility index (Phi) is 5.30. The highest BCUT2D eigenvalue weighted by atomic mass is 79.9. The van der Waals surface area contributed by atoms with Gasteiger partial charge in [0, 0.05) is 21.5 Å². The summed E-state index contributed by atoms with van der Waals surface area (Å²) >= 11 is 4.78. The highest BCUT2D eigenvalue weighted by Crippen LogP contribution is 2.30. The number of halogens is 1. The van der Waals surface area contributed by atoms with E-state index >= 15 is 0 Å². The molecule has 0 aliphatic heterocycles. The molecule has 5 nitrogen and oxygen atoms in total. The fourth-order valence-electron chi connectivity index (χ4n) is 2.37. The van der Waals surface area contributed by atoms with E-state index in [9.17, 15) is 9.59 Å². The summed E-state index contributed by atoms with van der Waals surface area (Å²) in [5.41, 5.74) is 0.959. The van der Waals surface area contributed by atoms with E-state index in [1.54, 1.807) is 12.3 Å². The number of esters is 1. The number of benzene rings is 1. The molecule has 0 spiro atoms. The van der Waals surface area contributed by atoms with Crippen LogP contribution >= 0.6 is 27.3 Å². The Morgan fingerprint density at radius 3 is 2.88 bits per heavy atom. The zero-order chi connectivity index (χ0) is 17.1. The molecule has 0 saturated heterocycles. The molecule has 1 fully saturated rings. The standard InChI is InChI=1S/C17H17BrN2O3S/c1-2-23-17(22)14-10-24-15(19-14)9-20(13-6-7-13)16(21)11-4-3-5-12(18)8-11/h3-5,8,10,13H,2,6-7,9H2,1H3. The van der Waals surface area contributed by atoms with E-state index in [4.69, 9.17) is 4.74 Å². The summed E-state index contributed by atoms with van der Waals surface area (Å²) in [6, 6.07) is 7.64. The van der Waals surface area contributed by atoms with Gasteiger partial charge >= 0.3 is 5.97 Å². The molecule has 0 atom stereocenters. The van der Waals surface area contributed by atoms with Crippen LogP contribution in [-0.2, 0) is 11.3 Å². The van der Waals surface area contributed by atoms with Gasteiger partial charge in [-0.2, -0.15) is 0 Å². The molecule has 1 saturated carbocycles. The quantitative estimate of drug-likeness (QED) is 0.680. The molecule has 0 bridgehead atoms. The van der Waals surface area contributed by atoms with Crippen LogP contribution in [0.1, 0.15) is 45.6 Å². The second kappa shape index (κ2) is 7.44. The van der Waals surface area contributed by atoms with Crippen LogP contribution in [0, 0.1) is 0 Å². The highest BCUT2D eigenvalue weighted by Gasteiger charge is 2.33. The van der Waals surface area contributed by atoms with Crippen molar-refractivity contribution in [2.24, 2.45) is 0 Å². The minimum Gasteiger partial charge on any atom is -0.461 e. The van der Waals surface area contributed by atoms with Crippen molar-refractivity contribution < 1.29 is 14.3 Å². The van der Waals surface area contributed by atoms with Gasteiger partial charge in [-0.25, -0.2) is 9.78 Å². The molecule has 7 heteroatoms. The van der Waals surface area contributed by atoms with E-state index in [-0.39, 0.29) is 11.9 Å². The zero-order valence-corrected chi connectivity index (χ0v) is 15.6. The third-order valence-electron chi connectivity index (χ3n) is 3.66. The highest BCUT2D eigenvalue weighted by molar-refractivity contribution is 9.10. The van der Waals surface area contributed by atoms with Gasteiger partial charge in [-0.15, -0.1) is 11.3 Å². The Hall–Kier alpha value is -1.73. The molecule has 3 rings (SSSR count). The average Bonchev–Trinajstić information content (AvgIpc) is 3.30. The normalized spacial score (nSPS) is 13.6. The first-order valence-electron chi connectivity index (χ1n) is 7.76. The predicted octanol–water partition coefficient (Wildman–Crippen LogP) is 3.89. The molecule has 2 aromatic rings. The number of amides is 1. The number of hydrogen-bond acceptors (Lipinski definition) is 5. The van der Waals surface area contributed by atoms with Crippen LogP contribution in [-0.4, -0.2) is 34.4 Å². The van der Waals surface area contributed by atoms with Gasteiger partial charge < -0.3 is 9.64 Å². The number of thiazole rings is 1. The van der Waals surface area contributed by atoms with E-state index in [0.717, 1.165) is 22.3 Å². The minimum atomic E-state index is -0.420. The molecule has 1 amide bonds. The van der Waals surface area contributed by atoms with Crippen molar-refractivity contribution in [3.63, 3.8) is 0 Å². The van der Waals surface area contributed by atoms with E-state index in [1.165, 1.54) is 11.3 Å². The molecule has 24 heavy (non-hydrogen) atoms. The Morgan fingerprint density at radius 2 is 2.21 bits per heavy atom. The molecule has 1 aromatic carbocycles. The number of rotatable bonds is 6. The van der Waals surface area contributed by atoms with Gasteiger partial charge in [0.15, 0.2) is 5.69 Å². The molecule has 1 aliphatic rings. The first kappa shape index (κ1) is 17.1. The van der Waals surface area contributed by atoms with Gasteiger partial charge in [-0.05, 0) is 38.0 Å². The zero-order valence-electron chi connectivity index (χ0n) is 13.2. The van der Waals surface area contributed by atoms with Gasteiger partial charge in [0.25, 0.3) is 5.91 Å². The lowest BCUT2D eigenvalue weighted by atomic mass is 10.2. The van der Waals surface area contributed by atoms with Crippen LogP contribution in [0.3, 0.4) is 0 Å². The molecule has 126 valence electrons. The van der Waals surface area contributed by atoms with E-state index in [0.29, 0.717) is 24.4 Å². The second-order valence-corrected chi connectivity index (χ2v) is 7.38. The summed E-state index contributed by atoms with van der Waals surface area (Å²) in [7, 11) is 0. The van der Waals surface area contributed by atoms with Gasteiger partial charge in [-0.3, -0.25) is 4.79 Å². The SMILES string of the molecule is CCOC(=O)c1csc(CN(C(=O)c2cccc(Br)c2)C2CC2)n1. The third kappa shape index (κ3) is 4.02. The monoisotopic (exact) mass is 408 g/mol. The first-order valence-corrected chi connectivity index (χ1v) is 9.43. The summed E-state index contributed by atoms with van der Waals surface area (Å²) in [6.45, 7) is 2.50. The van der Waals surface area contributed by atoms with E-state index in [2.05, 4.69) is 20.9 Å². The van der Waals surface area contributed by atoms with Crippen molar-refractivity contribution in [3.8, 4) is 0 Å². The topological polar surface area (TPSA) is 59.5 Å².